The Morgan fingerprint density at radius 2 is 2.06 bits per heavy atom. The molecule has 0 spiro atoms. The van der Waals surface area contributed by atoms with Gasteiger partial charge in [-0.25, -0.2) is 4.79 Å². The second kappa shape index (κ2) is 12.0. The Labute approximate surface area is 212 Å². The molecule has 4 unspecified atom stereocenters. The summed E-state index contributed by atoms with van der Waals surface area (Å²) in [6.45, 7) is 12.9. The number of allylic oxidation sites excluding steroid dienone is 4. The summed E-state index contributed by atoms with van der Waals surface area (Å²) in [5.74, 6) is 0.127. The Balaban J connectivity index is 1.55. The molecule has 35 heavy (non-hydrogen) atoms. The molecular formula is C30H46O5. The van der Waals surface area contributed by atoms with Crippen molar-refractivity contribution in [1.82, 2.24) is 0 Å². The Morgan fingerprint density at radius 1 is 1.29 bits per heavy atom. The van der Waals surface area contributed by atoms with Crippen molar-refractivity contribution in [1.29, 1.82) is 0 Å². The van der Waals surface area contributed by atoms with Gasteiger partial charge in [0.05, 0.1) is 18.8 Å². The first kappa shape index (κ1) is 27.9. The van der Waals surface area contributed by atoms with Crippen LogP contribution >= 0.6 is 0 Å². The summed E-state index contributed by atoms with van der Waals surface area (Å²) in [6.07, 6.45) is 14.8. The molecule has 5 nitrogen and oxygen atoms in total. The fourth-order valence-corrected chi connectivity index (χ4v) is 6.03. The van der Waals surface area contributed by atoms with Gasteiger partial charge in [0.15, 0.2) is 0 Å². The maximum atomic E-state index is 12.4. The number of hydrogen-bond acceptors (Lipinski definition) is 5. The van der Waals surface area contributed by atoms with Gasteiger partial charge in [-0.15, -0.1) is 0 Å². The van der Waals surface area contributed by atoms with Crippen LogP contribution < -0.4 is 0 Å². The first-order valence-electron chi connectivity index (χ1n) is 13.5. The average molecular weight is 487 g/mol. The van der Waals surface area contributed by atoms with Crippen molar-refractivity contribution < 1.29 is 24.5 Å². The molecular weight excluding hydrogens is 440 g/mol. The van der Waals surface area contributed by atoms with Crippen molar-refractivity contribution in [3.8, 4) is 0 Å². The first-order valence-corrected chi connectivity index (χ1v) is 13.5. The van der Waals surface area contributed by atoms with E-state index in [0.29, 0.717) is 25.4 Å². The van der Waals surface area contributed by atoms with Crippen LogP contribution in [0.4, 0.5) is 0 Å². The molecule has 0 radical (unpaired) electrons. The molecule has 0 aromatic rings. The molecule has 5 heteroatoms. The normalized spacial score (nSPS) is 31.5. The number of fused-ring (bicyclic) bond motifs is 1. The number of hydrogen-bond donors (Lipinski definition) is 2. The van der Waals surface area contributed by atoms with Gasteiger partial charge in [0, 0.05) is 6.42 Å². The van der Waals surface area contributed by atoms with Crippen LogP contribution in [0.25, 0.3) is 0 Å². The zero-order valence-corrected chi connectivity index (χ0v) is 22.3. The van der Waals surface area contributed by atoms with Crippen LogP contribution in [-0.2, 0) is 14.3 Å². The fourth-order valence-electron chi connectivity index (χ4n) is 6.03. The molecule has 3 aliphatic rings. The van der Waals surface area contributed by atoms with E-state index >= 15 is 0 Å². The van der Waals surface area contributed by atoms with Crippen molar-refractivity contribution in [2.45, 2.75) is 110 Å². The van der Waals surface area contributed by atoms with Crippen LogP contribution in [-0.4, -0.2) is 47.2 Å². The largest absolute Gasteiger partial charge is 0.458 e. The molecule has 0 aromatic heterocycles. The average Bonchev–Trinajstić information content (AvgIpc) is 3.11. The monoisotopic (exact) mass is 486 g/mol. The van der Waals surface area contributed by atoms with Crippen molar-refractivity contribution in [3.63, 3.8) is 0 Å². The van der Waals surface area contributed by atoms with E-state index in [1.165, 1.54) is 11.1 Å². The molecule has 4 atom stereocenters. The third-order valence-corrected chi connectivity index (χ3v) is 8.23. The highest BCUT2D eigenvalue weighted by Gasteiger charge is 2.44. The maximum absolute atomic E-state index is 12.4. The summed E-state index contributed by atoms with van der Waals surface area (Å²) in [7, 11) is 0. The molecule has 3 rings (SSSR count). The van der Waals surface area contributed by atoms with Gasteiger partial charge in [-0.05, 0) is 86.8 Å². The van der Waals surface area contributed by atoms with Gasteiger partial charge in [0.1, 0.15) is 12.2 Å². The summed E-state index contributed by atoms with van der Waals surface area (Å²) in [4.78, 5) is 12.4. The Hall–Kier alpha value is -1.69. The highest BCUT2D eigenvalue weighted by molar-refractivity contribution is 5.71. The lowest BCUT2D eigenvalue weighted by atomic mass is 9.64. The van der Waals surface area contributed by atoms with Gasteiger partial charge in [-0.2, -0.15) is 0 Å². The predicted molar refractivity (Wildman–Crippen MR) is 140 cm³/mol. The van der Waals surface area contributed by atoms with E-state index < -0.39 is 17.8 Å². The lowest BCUT2D eigenvalue weighted by Gasteiger charge is -2.41. The van der Waals surface area contributed by atoms with Gasteiger partial charge < -0.3 is 19.7 Å². The molecule has 0 heterocycles. The van der Waals surface area contributed by atoms with E-state index in [1.54, 1.807) is 0 Å². The zero-order chi connectivity index (χ0) is 25.6. The number of rotatable bonds is 10. The summed E-state index contributed by atoms with van der Waals surface area (Å²) < 4.78 is 11.5. The molecule has 0 saturated heterocycles. The van der Waals surface area contributed by atoms with Crippen molar-refractivity contribution in [2.24, 2.45) is 11.3 Å². The van der Waals surface area contributed by atoms with E-state index in [9.17, 15) is 15.0 Å². The third kappa shape index (κ3) is 7.18. The molecule has 196 valence electrons. The van der Waals surface area contributed by atoms with Crippen LogP contribution in [0.15, 0.2) is 47.1 Å². The predicted octanol–water partition coefficient (Wildman–Crippen LogP) is 5.97. The Morgan fingerprint density at radius 3 is 2.80 bits per heavy atom. The minimum atomic E-state index is -0.662. The highest BCUT2D eigenvalue weighted by atomic mass is 16.6. The molecule has 0 aromatic carbocycles. The standard InChI is InChI=1S/C30H46O5/c1-6-7-8-15-29(3,4)35-28(33)20-34-19-24-13-14-26-22(10-9-16-30(24,26)5)11-12-23-17-25(31)18-27(32)21(23)2/h11-13,25-27,31-32H,2,6-10,14-20H2,1,3-5H3/b22-11-,23-12+. The molecule has 3 aliphatic carbocycles. The molecule has 0 aliphatic heterocycles. The van der Waals surface area contributed by atoms with Crippen molar-refractivity contribution in [2.75, 3.05) is 13.2 Å². The van der Waals surface area contributed by atoms with Gasteiger partial charge in [-0.3, -0.25) is 0 Å². The summed E-state index contributed by atoms with van der Waals surface area (Å²) in [6, 6.07) is 0. The number of esters is 1. The third-order valence-electron chi connectivity index (χ3n) is 8.23. The van der Waals surface area contributed by atoms with E-state index in [4.69, 9.17) is 9.47 Å². The van der Waals surface area contributed by atoms with Crippen LogP contribution in [0.3, 0.4) is 0 Å². The van der Waals surface area contributed by atoms with Crippen molar-refractivity contribution in [3.05, 3.63) is 47.1 Å². The van der Waals surface area contributed by atoms with Crippen LogP contribution in [0.1, 0.15) is 91.9 Å². The van der Waals surface area contributed by atoms with Gasteiger partial charge >= 0.3 is 5.97 Å². The number of ether oxygens (including phenoxy) is 2. The molecule has 0 bridgehead atoms. The quantitative estimate of drug-likeness (QED) is 0.226. The second-order valence-corrected chi connectivity index (χ2v) is 11.5. The summed E-state index contributed by atoms with van der Waals surface area (Å²) in [5, 5.41) is 20.2. The number of carbonyl (C=O) groups is 1. The lowest BCUT2D eigenvalue weighted by Crippen LogP contribution is -2.33. The summed E-state index contributed by atoms with van der Waals surface area (Å²) in [5.41, 5.74) is 3.95. The first-order chi connectivity index (χ1) is 16.6. The number of aliphatic hydroxyl groups excluding tert-OH is 2. The molecule has 0 amide bonds. The van der Waals surface area contributed by atoms with Gasteiger partial charge in [0.25, 0.3) is 0 Å². The van der Waals surface area contributed by atoms with Crippen LogP contribution in [0.5, 0.6) is 0 Å². The smallest absolute Gasteiger partial charge is 0.332 e. The topological polar surface area (TPSA) is 76.0 Å². The number of unbranched alkanes of at least 4 members (excludes halogenated alkanes) is 2. The molecule has 2 N–H and O–H groups in total. The second-order valence-electron chi connectivity index (χ2n) is 11.5. The van der Waals surface area contributed by atoms with Crippen molar-refractivity contribution >= 4 is 5.97 Å². The van der Waals surface area contributed by atoms with E-state index in [1.807, 2.05) is 13.8 Å². The Bertz CT molecular complexity index is 864. The molecule has 2 fully saturated rings. The number of aliphatic hydroxyl groups is 2. The molecule has 2 saturated carbocycles. The minimum Gasteiger partial charge on any atom is -0.458 e. The van der Waals surface area contributed by atoms with Crippen LogP contribution in [0.2, 0.25) is 0 Å². The highest BCUT2D eigenvalue weighted by Crippen LogP contribution is 2.54. The maximum Gasteiger partial charge on any atom is 0.332 e. The Kier molecular flexibility index (Phi) is 9.59. The van der Waals surface area contributed by atoms with Crippen LogP contribution in [0, 0.1) is 11.3 Å². The van der Waals surface area contributed by atoms with Gasteiger partial charge in [0.2, 0.25) is 0 Å². The minimum absolute atomic E-state index is 0.0170. The van der Waals surface area contributed by atoms with E-state index in [0.717, 1.165) is 62.5 Å². The zero-order valence-electron chi connectivity index (χ0n) is 22.3. The van der Waals surface area contributed by atoms with E-state index in [-0.39, 0.29) is 18.0 Å². The SMILES string of the molecule is C=C1/C(=C/C=C2/CCCC3(C)C(COCC(=O)OC(C)(C)CCCCC)=CCC23)CC(O)CC1O. The number of carbonyl (C=O) groups excluding carboxylic acids is 1. The summed E-state index contributed by atoms with van der Waals surface area (Å²) >= 11 is 0. The van der Waals surface area contributed by atoms with Gasteiger partial charge in [-0.1, -0.05) is 57.1 Å². The fraction of sp³-hybridized carbons (Fsp3) is 0.700. The lowest BCUT2D eigenvalue weighted by molar-refractivity contribution is -0.162. The van der Waals surface area contributed by atoms with E-state index in [2.05, 4.69) is 38.7 Å².